The van der Waals surface area contributed by atoms with Crippen molar-refractivity contribution in [2.75, 3.05) is 0 Å². The summed E-state index contributed by atoms with van der Waals surface area (Å²) in [5, 5.41) is 79.7. The van der Waals surface area contributed by atoms with Crippen molar-refractivity contribution in [3.8, 4) is 11.5 Å². The summed E-state index contributed by atoms with van der Waals surface area (Å²) in [4.78, 5) is 12.1. The van der Waals surface area contributed by atoms with Gasteiger partial charge >= 0.3 is 5.97 Å². The summed E-state index contributed by atoms with van der Waals surface area (Å²) in [5.41, 5.74) is 0.342. The van der Waals surface area contributed by atoms with Gasteiger partial charge in [0.15, 0.2) is 24.1 Å². The second kappa shape index (κ2) is 10.9. The number of phenolic OH excluding ortho intramolecular Hbond substituents is 2. The molecular weight excluding hydrogens is 460 g/mol. The fourth-order valence-electron chi connectivity index (χ4n) is 3.55. The molecule has 2 unspecified atom stereocenters. The standard InChI is InChI=1S/C21H28O13/c1-2-11-13(25)14(26)16(28)20(31-11)33-18-15(27)17(29)21(34-19(18)30)32-12(24)6-4-8-3-5-9(22)10(23)7-8/h3-7,11,13-23,25-30H,2H2,1H3/b6-4+/t11-,13-,14+,15-,16-,17+,18+,19+,20?,21?/m0/s1. The molecule has 0 radical (unpaired) electrons. The Morgan fingerprint density at radius 1 is 0.912 bits per heavy atom. The van der Waals surface area contributed by atoms with E-state index < -0.39 is 73.3 Å². The Morgan fingerprint density at radius 2 is 1.59 bits per heavy atom. The molecule has 0 amide bonds. The van der Waals surface area contributed by atoms with Crippen LogP contribution in [-0.2, 0) is 23.7 Å². The van der Waals surface area contributed by atoms with Crippen molar-refractivity contribution in [2.24, 2.45) is 0 Å². The van der Waals surface area contributed by atoms with Gasteiger partial charge < -0.3 is 59.8 Å². The molecule has 3 rings (SSSR count). The number of aliphatic hydroxyl groups is 6. The van der Waals surface area contributed by atoms with E-state index in [-0.39, 0.29) is 12.2 Å². The molecule has 0 aliphatic carbocycles. The van der Waals surface area contributed by atoms with Gasteiger partial charge in [-0.3, -0.25) is 0 Å². The van der Waals surface area contributed by atoms with Crippen LogP contribution >= 0.6 is 0 Å². The third kappa shape index (κ3) is 5.66. The van der Waals surface area contributed by atoms with Crippen LogP contribution in [0.4, 0.5) is 0 Å². The van der Waals surface area contributed by atoms with Crippen LogP contribution in [0.1, 0.15) is 18.9 Å². The van der Waals surface area contributed by atoms with Crippen LogP contribution in [0, 0.1) is 0 Å². The summed E-state index contributed by atoms with van der Waals surface area (Å²) in [7, 11) is 0. The molecule has 2 fully saturated rings. The second-order valence-electron chi connectivity index (χ2n) is 7.92. The number of rotatable bonds is 6. The second-order valence-corrected chi connectivity index (χ2v) is 7.92. The highest BCUT2D eigenvalue weighted by Crippen LogP contribution is 2.30. The lowest BCUT2D eigenvalue weighted by atomic mass is 9.97. The fourth-order valence-corrected chi connectivity index (χ4v) is 3.55. The minimum atomic E-state index is -1.94. The van der Waals surface area contributed by atoms with Crippen molar-refractivity contribution in [1.82, 2.24) is 0 Å². The molecule has 13 nitrogen and oxygen atoms in total. The van der Waals surface area contributed by atoms with Crippen molar-refractivity contribution in [3.05, 3.63) is 29.8 Å². The molecule has 2 heterocycles. The van der Waals surface area contributed by atoms with Crippen molar-refractivity contribution >= 4 is 12.0 Å². The number of hydrogen-bond donors (Lipinski definition) is 8. The normalized spacial score (nSPS) is 38.7. The minimum absolute atomic E-state index is 0.259. The van der Waals surface area contributed by atoms with E-state index in [1.165, 1.54) is 24.3 Å². The number of phenols is 2. The highest BCUT2D eigenvalue weighted by molar-refractivity contribution is 5.87. The van der Waals surface area contributed by atoms with Crippen LogP contribution in [0.25, 0.3) is 6.08 Å². The van der Waals surface area contributed by atoms with Crippen LogP contribution in [0.15, 0.2) is 24.3 Å². The smallest absolute Gasteiger partial charge is 0.333 e. The summed E-state index contributed by atoms with van der Waals surface area (Å²) in [6.45, 7) is 1.66. The van der Waals surface area contributed by atoms with Gasteiger partial charge in [-0.1, -0.05) is 13.0 Å². The molecule has 8 N–H and O–H groups in total. The summed E-state index contributed by atoms with van der Waals surface area (Å²) < 4.78 is 20.7. The first-order valence-corrected chi connectivity index (χ1v) is 10.5. The number of carbonyl (C=O) groups is 1. The van der Waals surface area contributed by atoms with E-state index in [4.69, 9.17) is 18.9 Å². The summed E-state index contributed by atoms with van der Waals surface area (Å²) in [6.07, 6.45) is -13.9. The molecule has 2 aliphatic heterocycles. The molecule has 1 aromatic rings. The Morgan fingerprint density at radius 3 is 2.24 bits per heavy atom. The zero-order valence-electron chi connectivity index (χ0n) is 18.0. The predicted octanol–water partition coefficient (Wildman–Crippen LogP) is -2.35. The number of ether oxygens (including phenoxy) is 4. The van der Waals surface area contributed by atoms with E-state index in [1.54, 1.807) is 6.92 Å². The first-order chi connectivity index (χ1) is 16.0. The Kier molecular flexibility index (Phi) is 8.46. The highest BCUT2D eigenvalue weighted by atomic mass is 16.8. The fraction of sp³-hybridized carbons (Fsp3) is 0.571. The lowest BCUT2D eigenvalue weighted by molar-refractivity contribution is -0.377. The van der Waals surface area contributed by atoms with Gasteiger partial charge in [0.2, 0.25) is 6.29 Å². The Labute approximate surface area is 193 Å². The molecular formula is C21H28O13. The maximum atomic E-state index is 12.1. The van der Waals surface area contributed by atoms with Gasteiger partial charge in [-0.15, -0.1) is 0 Å². The Hall–Kier alpha value is -2.33. The molecule has 190 valence electrons. The number of hydrogen-bond acceptors (Lipinski definition) is 13. The number of carbonyl (C=O) groups excluding carboxylic acids is 1. The number of aromatic hydroxyl groups is 2. The van der Waals surface area contributed by atoms with E-state index in [1.807, 2.05) is 0 Å². The summed E-state index contributed by atoms with van der Waals surface area (Å²) in [5.74, 6) is -1.78. The third-order valence-corrected chi connectivity index (χ3v) is 5.53. The molecule has 0 aromatic heterocycles. The summed E-state index contributed by atoms with van der Waals surface area (Å²) >= 11 is 0. The monoisotopic (exact) mass is 488 g/mol. The Bertz CT molecular complexity index is 874. The molecule has 0 spiro atoms. The van der Waals surface area contributed by atoms with Gasteiger partial charge in [0, 0.05) is 6.08 Å². The van der Waals surface area contributed by atoms with E-state index in [9.17, 15) is 45.6 Å². The van der Waals surface area contributed by atoms with Gasteiger partial charge in [0.05, 0.1) is 6.10 Å². The van der Waals surface area contributed by atoms with Crippen LogP contribution in [0.5, 0.6) is 11.5 Å². The SMILES string of the molecule is CC[C@@H]1OC(O[C@@H]2[C@@H](O)[C@@H](O)C(OC(=O)/C=C/c3ccc(O)c(O)c3)O[C@H]2O)[C@@H](O)[C@H](O)[C@H]1O. The quantitative estimate of drug-likeness (QED) is 0.120. The predicted molar refractivity (Wildman–Crippen MR) is 110 cm³/mol. The van der Waals surface area contributed by atoms with Gasteiger partial charge in [-0.25, -0.2) is 4.79 Å². The third-order valence-electron chi connectivity index (χ3n) is 5.53. The summed E-state index contributed by atoms with van der Waals surface area (Å²) in [6, 6.07) is 3.79. The van der Waals surface area contributed by atoms with Crippen molar-refractivity contribution < 1.29 is 64.6 Å². The molecule has 10 atom stereocenters. The molecule has 2 aliphatic rings. The largest absolute Gasteiger partial charge is 0.504 e. The average molecular weight is 488 g/mol. The first kappa shape index (κ1) is 26.3. The molecule has 0 bridgehead atoms. The van der Waals surface area contributed by atoms with E-state index in [0.717, 1.165) is 6.08 Å². The van der Waals surface area contributed by atoms with Crippen molar-refractivity contribution in [3.63, 3.8) is 0 Å². The van der Waals surface area contributed by atoms with Crippen molar-refractivity contribution in [1.29, 1.82) is 0 Å². The molecule has 34 heavy (non-hydrogen) atoms. The van der Waals surface area contributed by atoms with Crippen LogP contribution in [0.2, 0.25) is 0 Å². The van der Waals surface area contributed by atoms with E-state index in [2.05, 4.69) is 0 Å². The average Bonchev–Trinajstić information content (AvgIpc) is 2.80. The molecule has 2 saturated heterocycles. The number of aliphatic hydroxyl groups excluding tert-OH is 6. The topological polar surface area (TPSA) is 216 Å². The number of esters is 1. The minimum Gasteiger partial charge on any atom is -0.504 e. The lowest BCUT2D eigenvalue weighted by Crippen LogP contribution is -2.63. The van der Waals surface area contributed by atoms with Gasteiger partial charge in [0.1, 0.15) is 36.6 Å². The zero-order chi connectivity index (χ0) is 25.2. The van der Waals surface area contributed by atoms with Crippen LogP contribution < -0.4 is 0 Å². The van der Waals surface area contributed by atoms with Crippen LogP contribution in [-0.4, -0.2) is 108 Å². The van der Waals surface area contributed by atoms with Gasteiger partial charge in [-0.2, -0.15) is 0 Å². The number of benzene rings is 1. The maximum absolute atomic E-state index is 12.1. The molecule has 0 saturated carbocycles. The van der Waals surface area contributed by atoms with Gasteiger partial charge in [0.25, 0.3) is 0 Å². The molecule has 13 heteroatoms. The Balaban J connectivity index is 1.61. The first-order valence-electron chi connectivity index (χ1n) is 10.5. The maximum Gasteiger partial charge on any atom is 0.333 e. The van der Waals surface area contributed by atoms with E-state index in [0.29, 0.717) is 5.56 Å². The highest BCUT2D eigenvalue weighted by Gasteiger charge is 2.50. The van der Waals surface area contributed by atoms with Crippen molar-refractivity contribution in [2.45, 2.75) is 74.9 Å². The van der Waals surface area contributed by atoms with E-state index >= 15 is 0 Å². The molecule has 1 aromatic carbocycles. The lowest BCUT2D eigenvalue weighted by Gasteiger charge is -2.44. The van der Waals surface area contributed by atoms with Crippen LogP contribution in [0.3, 0.4) is 0 Å². The van der Waals surface area contributed by atoms with Gasteiger partial charge in [-0.05, 0) is 30.2 Å². The zero-order valence-corrected chi connectivity index (χ0v) is 18.0.